The zero-order chi connectivity index (χ0) is 16.1. The maximum atomic E-state index is 12.0. The Labute approximate surface area is 127 Å². The van der Waals surface area contributed by atoms with Crippen LogP contribution in [-0.4, -0.2) is 35.3 Å². The third kappa shape index (κ3) is 3.30. The summed E-state index contributed by atoms with van der Waals surface area (Å²) in [5, 5.41) is 3.06. The number of rotatable bonds is 6. The molecule has 0 saturated carbocycles. The third-order valence-electron chi connectivity index (χ3n) is 3.08. The number of hydrogen-bond donors (Lipinski definition) is 1. The number of nitrogens with zero attached hydrogens (tertiary/aromatic N) is 1. The molecule has 0 saturated heterocycles. The third-order valence-corrected chi connectivity index (χ3v) is 3.08. The van der Waals surface area contributed by atoms with Crippen molar-refractivity contribution < 1.29 is 24.0 Å². The Morgan fingerprint density at radius 3 is 2.23 bits per heavy atom. The first-order valence-corrected chi connectivity index (χ1v) is 7.00. The molecule has 1 N–H and O–H groups in total. The second-order valence-corrected chi connectivity index (χ2v) is 4.76. The molecule has 1 aromatic carbocycles. The molecule has 0 radical (unpaired) electrons. The predicted octanol–water partition coefficient (Wildman–Crippen LogP) is 1.05. The van der Waals surface area contributed by atoms with Crippen LogP contribution in [-0.2, 0) is 14.4 Å². The maximum absolute atomic E-state index is 12.0. The van der Waals surface area contributed by atoms with E-state index < -0.39 is 17.8 Å². The number of amides is 3. The fraction of sp³-hybridized carbons (Fsp3) is 0.333. The number of hydroxylamine groups is 2. The monoisotopic (exact) mass is 304 g/mol. The van der Waals surface area contributed by atoms with Crippen molar-refractivity contribution in [1.29, 1.82) is 0 Å². The molecule has 1 aromatic rings. The Morgan fingerprint density at radius 2 is 1.68 bits per heavy atom. The Kier molecular flexibility index (Phi) is 4.88. The van der Waals surface area contributed by atoms with Gasteiger partial charge in [-0.05, 0) is 18.6 Å². The van der Waals surface area contributed by atoms with Crippen molar-refractivity contribution in [3.8, 4) is 0 Å². The molecule has 1 aliphatic heterocycles. The van der Waals surface area contributed by atoms with E-state index in [4.69, 9.17) is 4.84 Å². The number of nitrogens with one attached hydrogen (secondary N) is 1. The highest BCUT2D eigenvalue weighted by Gasteiger charge is 2.38. The van der Waals surface area contributed by atoms with Crippen LogP contribution in [0.25, 0.3) is 0 Å². The van der Waals surface area contributed by atoms with Crippen molar-refractivity contribution in [3.05, 3.63) is 35.4 Å². The van der Waals surface area contributed by atoms with E-state index in [-0.39, 0.29) is 29.9 Å². The molecular formula is C15H16N2O5. The van der Waals surface area contributed by atoms with E-state index in [1.807, 2.05) is 6.92 Å². The Morgan fingerprint density at radius 1 is 1.09 bits per heavy atom. The van der Waals surface area contributed by atoms with Gasteiger partial charge in [-0.1, -0.05) is 24.1 Å². The molecule has 0 fully saturated rings. The minimum absolute atomic E-state index is 0.0536. The van der Waals surface area contributed by atoms with Crippen LogP contribution >= 0.6 is 0 Å². The number of benzene rings is 1. The van der Waals surface area contributed by atoms with E-state index in [1.54, 1.807) is 12.1 Å². The van der Waals surface area contributed by atoms with Gasteiger partial charge in [0, 0.05) is 13.0 Å². The highest BCUT2D eigenvalue weighted by molar-refractivity contribution is 6.20. The van der Waals surface area contributed by atoms with E-state index in [0.717, 1.165) is 6.42 Å². The highest BCUT2D eigenvalue weighted by Crippen LogP contribution is 2.22. The summed E-state index contributed by atoms with van der Waals surface area (Å²) in [6, 6.07) is 6.21. The molecule has 0 bridgehead atoms. The lowest BCUT2D eigenvalue weighted by atomic mass is 10.1. The van der Waals surface area contributed by atoms with Gasteiger partial charge in [0.2, 0.25) is 5.91 Å². The summed E-state index contributed by atoms with van der Waals surface area (Å²) in [5.74, 6) is -2.43. The lowest BCUT2D eigenvalue weighted by Crippen LogP contribution is -2.33. The summed E-state index contributed by atoms with van der Waals surface area (Å²) in [4.78, 5) is 51.8. The Bertz CT molecular complexity index is 591. The minimum atomic E-state index is -0.804. The Balaban J connectivity index is 1.90. The van der Waals surface area contributed by atoms with Crippen molar-refractivity contribution in [2.24, 2.45) is 0 Å². The summed E-state index contributed by atoms with van der Waals surface area (Å²) in [5.41, 5.74) is 0.391. The standard InChI is InChI=1S/C15H16N2O5/c1-2-9-16-12(18)7-8-13(19)22-17-14(20)10-5-3-4-6-11(10)15(17)21/h3-6H,2,7-9H2,1H3,(H,16,18). The highest BCUT2D eigenvalue weighted by atomic mass is 16.7. The van der Waals surface area contributed by atoms with Crippen LogP contribution in [0.5, 0.6) is 0 Å². The zero-order valence-electron chi connectivity index (χ0n) is 12.1. The van der Waals surface area contributed by atoms with Crippen LogP contribution < -0.4 is 5.32 Å². The molecule has 0 aromatic heterocycles. The van der Waals surface area contributed by atoms with Gasteiger partial charge in [-0.15, -0.1) is 0 Å². The van der Waals surface area contributed by atoms with Gasteiger partial charge in [0.05, 0.1) is 17.5 Å². The van der Waals surface area contributed by atoms with Gasteiger partial charge >= 0.3 is 5.97 Å². The number of imide groups is 1. The summed E-state index contributed by atoms with van der Waals surface area (Å²) in [7, 11) is 0. The molecule has 3 amide bonds. The van der Waals surface area contributed by atoms with E-state index in [1.165, 1.54) is 12.1 Å². The number of carbonyl (C=O) groups excluding carboxylic acids is 4. The lowest BCUT2D eigenvalue weighted by molar-refractivity contribution is -0.169. The SMILES string of the molecule is CCCNC(=O)CCC(=O)ON1C(=O)c2ccccc2C1=O. The van der Waals surface area contributed by atoms with Crippen LogP contribution in [0.3, 0.4) is 0 Å². The van der Waals surface area contributed by atoms with E-state index in [2.05, 4.69) is 5.32 Å². The molecule has 0 atom stereocenters. The largest absolute Gasteiger partial charge is 0.356 e. The number of hydrogen-bond acceptors (Lipinski definition) is 5. The van der Waals surface area contributed by atoms with Gasteiger partial charge < -0.3 is 10.2 Å². The van der Waals surface area contributed by atoms with Gasteiger partial charge in [-0.2, -0.15) is 0 Å². The summed E-state index contributed by atoms with van der Waals surface area (Å²) < 4.78 is 0. The van der Waals surface area contributed by atoms with Gasteiger partial charge in [0.15, 0.2) is 0 Å². The normalized spacial score (nSPS) is 13.0. The smallest absolute Gasteiger partial charge is 0.333 e. The van der Waals surface area contributed by atoms with Crippen molar-refractivity contribution in [2.45, 2.75) is 26.2 Å². The second-order valence-electron chi connectivity index (χ2n) is 4.76. The van der Waals surface area contributed by atoms with Crippen LogP contribution in [0.4, 0.5) is 0 Å². The first-order valence-electron chi connectivity index (χ1n) is 7.00. The molecule has 7 nitrogen and oxygen atoms in total. The van der Waals surface area contributed by atoms with Gasteiger partial charge in [-0.25, -0.2) is 4.79 Å². The van der Waals surface area contributed by atoms with Gasteiger partial charge in [-0.3, -0.25) is 14.4 Å². The molecule has 1 aliphatic rings. The maximum Gasteiger partial charge on any atom is 0.333 e. The number of carbonyl (C=O) groups is 4. The molecular weight excluding hydrogens is 288 g/mol. The van der Waals surface area contributed by atoms with E-state index >= 15 is 0 Å². The fourth-order valence-electron chi connectivity index (χ4n) is 1.97. The first kappa shape index (κ1) is 15.7. The van der Waals surface area contributed by atoms with Crippen LogP contribution in [0.15, 0.2) is 24.3 Å². The van der Waals surface area contributed by atoms with Crippen molar-refractivity contribution in [2.75, 3.05) is 6.54 Å². The zero-order valence-corrected chi connectivity index (χ0v) is 12.1. The molecule has 0 unspecified atom stereocenters. The minimum Gasteiger partial charge on any atom is -0.356 e. The molecule has 2 rings (SSSR count). The van der Waals surface area contributed by atoms with E-state index in [0.29, 0.717) is 11.6 Å². The van der Waals surface area contributed by atoms with Crippen LogP contribution in [0.2, 0.25) is 0 Å². The van der Waals surface area contributed by atoms with Crippen LogP contribution in [0, 0.1) is 0 Å². The first-order chi connectivity index (χ1) is 10.5. The lowest BCUT2D eigenvalue weighted by Gasteiger charge is -2.12. The summed E-state index contributed by atoms with van der Waals surface area (Å²) >= 11 is 0. The van der Waals surface area contributed by atoms with E-state index in [9.17, 15) is 19.2 Å². The quantitative estimate of drug-likeness (QED) is 0.793. The number of fused-ring (bicyclic) bond motifs is 1. The molecule has 22 heavy (non-hydrogen) atoms. The molecule has 1 heterocycles. The van der Waals surface area contributed by atoms with Crippen molar-refractivity contribution >= 4 is 23.7 Å². The molecule has 116 valence electrons. The molecule has 0 spiro atoms. The summed E-state index contributed by atoms with van der Waals surface area (Å²) in [6.07, 6.45) is 0.538. The Hall–Kier alpha value is -2.70. The predicted molar refractivity (Wildman–Crippen MR) is 75.6 cm³/mol. The van der Waals surface area contributed by atoms with Gasteiger partial charge in [0.1, 0.15) is 0 Å². The fourth-order valence-corrected chi connectivity index (χ4v) is 1.97. The average molecular weight is 304 g/mol. The molecule has 0 aliphatic carbocycles. The average Bonchev–Trinajstić information content (AvgIpc) is 2.76. The van der Waals surface area contributed by atoms with Crippen molar-refractivity contribution in [3.63, 3.8) is 0 Å². The van der Waals surface area contributed by atoms with Crippen LogP contribution in [0.1, 0.15) is 46.9 Å². The van der Waals surface area contributed by atoms with Gasteiger partial charge in [0.25, 0.3) is 11.8 Å². The van der Waals surface area contributed by atoms with Crippen molar-refractivity contribution in [1.82, 2.24) is 10.4 Å². The molecule has 7 heteroatoms. The summed E-state index contributed by atoms with van der Waals surface area (Å²) in [6.45, 7) is 2.45. The topological polar surface area (TPSA) is 92.8 Å². The second kappa shape index (κ2) is 6.84.